The summed E-state index contributed by atoms with van der Waals surface area (Å²) in [5, 5.41) is 21.4. The second-order valence-electron chi connectivity index (χ2n) is 11.9. The second-order valence-corrected chi connectivity index (χ2v) is 13.9. The lowest BCUT2D eigenvalue weighted by Gasteiger charge is -2.40. The van der Waals surface area contributed by atoms with E-state index in [1.165, 1.54) is 9.21 Å². The minimum absolute atomic E-state index is 0.122. The van der Waals surface area contributed by atoms with Gasteiger partial charge in [-0.2, -0.15) is 4.31 Å². The number of hydrogen-bond donors (Lipinski definition) is 2. The van der Waals surface area contributed by atoms with Gasteiger partial charge in [-0.15, -0.1) is 0 Å². The number of piperazine rings is 1. The first-order valence-corrected chi connectivity index (χ1v) is 16.8. The number of benzene rings is 3. The van der Waals surface area contributed by atoms with E-state index in [4.69, 9.17) is 0 Å². The Morgan fingerprint density at radius 2 is 1.46 bits per heavy atom. The molecule has 1 aromatic heterocycles. The monoisotopic (exact) mass is 643 g/mol. The Kier molecular flexibility index (Phi) is 8.94. The molecular formula is C34H37N5O6S. The molecule has 0 unspecified atom stereocenters. The van der Waals surface area contributed by atoms with Crippen molar-refractivity contribution in [3.05, 3.63) is 109 Å². The molecule has 2 aliphatic heterocycles. The molecule has 2 amide bonds. The Morgan fingerprint density at radius 1 is 0.848 bits per heavy atom. The molecule has 2 saturated heterocycles. The highest BCUT2D eigenvalue weighted by atomic mass is 32.2. The van der Waals surface area contributed by atoms with Crippen LogP contribution < -0.4 is 0 Å². The molecule has 0 bridgehead atoms. The van der Waals surface area contributed by atoms with E-state index < -0.39 is 27.8 Å². The van der Waals surface area contributed by atoms with Gasteiger partial charge < -0.3 is 24.6 Å². The molecule has 1 atom stereocenters. The van der Waals surface area contributed by atoms with Crippen molar-refractivity contribution >= 4 is 22.0 Å². The van der Waals surface area contributed by atoms with Crippen molar-refractivity contribution in [3.63, 3.8) is 0 Å². The van der Waals surface area contributed by atoms with Crippen LogP contribution in [-0.4, -0.2) is 98.7 Å². The first-order chi connectivity index (χ1) is 22.1. The van der Waals surface area contributed by atoms with E-state index in [1.54, 1.807) is 46.1 Å². The van der Waals surface area contributed by atoms with Gasteiger partial charge in [0.15, 0.2) is 5.69 Å². The van der Waals surface area contributed by atoms with E-state index in [0.29, 0.717) is 12.1 Å². The summed E-state index contributed by atoms with van der Waals surface area (Å²) in [6.45, 7) is 1.03. The predicted octanol–water partition coefficient (Wildman–Crippen LogP) is 3.81. The van der Waals surface area contributed by atoms with Gasteiger partial charge in [0.1, 0.15) is 0 Å². The number of sulfonamides is 1. The van der Waals surface area contributed by atoms with Crippen LogP contribution in [0.2, 0.25) is 0 Å². The molecule has 240 valence electrons. The molecule has 2 N–H and O–H groups in total. The molecule has 2 aliphatic rings. The Bertz CT molecular complexity index is 1770. The third-order valence-corrected chi connectivity index (χ3v) is 10.8. The van der Waals surface area contributed by atoms with Gasteiger partial charge in [0.05, 0.1) is 35.1 Å². The van der Waals surface area contributed by atoms with Crippen LogP contribution in [0.25, 0.3) is 11.3 Å². The molecule has 12 heteroatoms. The number of nitrogens with zero attached hydrogens (tertiary/aromatic N) is 5. The number of rotatable bonds is 8. The van der Waals surface area contributed by atoms with Crippen LogP contribution in [0, 0.1) is 0 Å². The van der Waals surface area contributed by atoms with Gasteiger partial charge in [0.25, 0.3) is 5.91 Å². The van der Waals surface area contributed by atoms with Crippen LogP contribution in [0.4, 0.5) is 4.79 Å². The fraction of sp³-hybridized carbons (Fsp3) is 0.324. The molecule has 0 radical (unpaired) electrons. The lowest BCUT2D eigenvalue weighted by atomic mass is 9.92. The van der Waals surface area contributed by atoms with Crippen LogP contribution in [0.3, 0.4) is 0 Å². The number of aliphatic hydroxyl groups is 1. The summed E-state index contributed by atoms with van der Waals surface area (Å²) in [7, 11) is -3.68. The van der Waals surface area contributed by atoms with Crippen LogP contribution >= 0.6 is 0 Å². The first-order valence-electron chi connectivity index (χ1n) is 15.4. The number of carboxylic acid groups (broad SMARTS) is 1. The fourth-order valence-corrected chi connectivity index (χ4v) is 7.87. The van der Waals surface area contributed by atoms with Gasteiger partial charge in [-0.3, -0.25) is 4.79 Å². The molecule has 0 spiro atoms. The average Bonchev–Trinajstić information content (AvgIpc) is 3.48. The number of piperidine rings is 1. The zero-order valence-electron chi connectivity index (χ0n) is 25.4. The highest BCUT2D eigenvalue weighted by molar-refractivity contribution is 7.89. The summed E-state index contributed by atoms with van der Waals surface area (Å²) >= 11 is 0. The number of imidazole rings is 1. The van der Waals surface area contributed by atoms with Crippen molar-refractivity contribution in [2.75, 3.05) is 32.7 Å². The van der Waals surface area contributed by atoms with Crippen molar-refractivity contribution in [2.45, 2.75) is 42.3 Å². The zero-order valence-corrected chi connectivity index (χ0v) is 26.2. The van der Waals surface area contributed by atoms with Crippen LogP contribution in [-0.2, 0) is 23.0 Å². The Hall–Kier alpha value is -4.52. The topological polar surface area (TPSA) is 136 Å². The SMILES string of the molecule is O=C(O)N1CCN(C(=O)c2ncn(CC3(O)CCN(S(=O)(=O)c4ccccc4)CC3)c2-c2ccccc2)[C@H](Cc2ccccc2)C1. The molecule has 11 nitrogen and oxygen atoms in total. The zero-order chi connectivity index (χ0) is 32.3. The van der Waals surface area contributed by atoms with Crippen LogP contribution in [0.15, 0.2) is 102 Å². The van der Waals surface area contributed by atoms with Crippen LogP contribution in [0.5, 0.6) is 0 Å². The Balaban J connectivity index is 1.26. The highest BCUT2D eigenvalue weighted by Crippen LogP contribution is 2.32. The number of carbonyl (C=O) groups is 2. The summed E-state index contributed by atoms with van der Waals surface area (Å²) in [5.41, 5.74) is 1.29. The summed E-state index contributed by atoms with van der Waals surface area (Å²) < 4.78 is 29.5. The standard InChI is InChI=1S/C34H37N5O6S/c40-32(39-21-20-36(33(41)42)23-28(39)22-26-10-4-1-5-11-26)30-31(27-12-6-2-7-13-27)37(25-35-30)24-34(43)16-18-38(19-17-34)46(44,45)29-14-8-3-9-15-29/h1-15,25,28,43H,16-24H2,(H,41,42)/t28-/m1/s1. The fourth-order valence-electron chi connectivity index (χ4n) is 6.41. The number of hydrogen-bond acceptors (Lipinski definition) is 6. The third-order valence-electron chi connectivity index (χ3n) is 8.91. The molecule has 2 fully saturated rings. The molecular weight excluding hydrogens is 606 g/mol. The molecule has 0 aliphatic carbocycles. The van der Waals surface area contributed by atoms with E-state index in [0.717, 1.165) is 11.1 Å². The lowest BCUT2D eigenvalue weighted by Crippen LogP contribution is -2.57. The summed E-state index contributed by atoms with van der Waals surface area (Å²) in [5.74, 6) is -0.306. The first kappa shape index (κ1) is 31.5. The van der Waals surface area contributed by atoms with Gasteiger partial charge >= 0.3 is 6.09 Å². The van der Waals surface area contributed by atoms with E-state index >= 15 is 0 Å². The quantitative estimate of drug-likeness (QED) is 0.298. The number of aromatic nitrogens is 2. The minimum Gasteiger partial charge on any atom is -0.465 e. The van der Waals surface area contributed by atoms with Crippen molar-refractivity contribution in [1.82, 2.24) is 23.7 Å². The minimum atomic E-state index is -3.68. The molecule has 3 aromatic carbocycles. The molecule has 4 aromatic rings. The predicted molar refractivity (Wildman–Crippen MR) is 172 cm³/mol. The van der Waals surface area contributed by atoms with E-state index in [1.807, 2.05) is 60.7 Å². The van der Waals surface area contributed by atoms with E-state index in [-0.39, 0.29) is 68.6 Å². The second kappa shape index (κ2) is 13.1. The van der Waals surface area contributed by atoms with Crippen molar-refractivity contribution in [3.8, 4) is 11.3 Å². The maximum absolute atomic E-state index is 14.3. The summed E-state index contributed by atoms with van der Waals surface area (Å²) in [4.78, 5) is 34.0. The largest absolute Gasteiger partial charge is 0.465 e. The lowest BCUT2D eigenvalue weighted by molar-refractivity contribution is -0.0191. The summed E-state index contributed by atoms with van der Waals surface area (Å²) in [6, 6.07) is 26.9. The maximum atomic E-state index is 14.3. The number of amides is 2. The van der Waals surface area contributed by atoms with Crippen molar-refractivity contribution < 1.29 is 28.2 Å². The van der Waals surface area contributed by atoms with Gasteiger partial charge in [0.2, 0.25) is 10.0 Å². The van der Waals surface area contributed by atoms with Gasteiger partial charge in [0, 0.05) is 38.3 Å². The molecule has 0 saturated carbocycles. The Morgan fingerprint density at radius 3 is 2.09 bits per heavy atom. The van der Waals surface area contributed by atoms with Crippen molar-refractivity contribution in [2.24, 2.45) is 0 Å². The van der Waals surface area contributed by atoms with Gasteiger partial charge in [-0.1, -0.05) is 78.9 Å². The highest BCUT2D eigenvalue weighted by Gasteiger charge is 2.39. The third kappa shape index (κ3) is 6.55. The van der Waals surface area contributed by atoms with Gasteiger partial charge in [-0.25, -0.2) is 18.2 Å². The smallest absolute Gasteiger partial charge is 0.407 e. The van der Waals surface area contributed by atoms with Crippen molar-refractivity contribution in [1.29, 1.82) is 0 Å². The van der Waals surface area contributed by atoms with Crippen LogP contribution in [0.1, 0.15) is 28.9 Å². The summed E-state index contributed by atoms with van der Waals surface area (Å²) in [6.07, 6.45) is 1.45. The average molecular weight is 644 g/mol. The van der Waals surface area contributed by atoms with Gasteiger partial charge in [-0.05, 0) is 37.0 Å². The maximum Gasteiger partial charge on any atom is 0.407 e. The van der Waals surface area contributed by atoms with E-state index in [2.05, 4.69) is 4.98 Å². The normalized spacial score (nSPS) is 18.8. The number of carbonyl (C=O) groups excluding carboxylic acids is 1. The molecule has 46 heavy (non-hydrogen) atoms. The molecule has 6 rings (SSSR count). The Labute approximate surface area is 268 Å². The van der Waals surface area contributed by atoms with E-state index in [9.17, 15) is 28.2 Å². The molecule has 3 heterocycles.